The molecule has 1 amide bonds. The van der Waals surface area contributed by atoms with Gasteiger partial charge >= 0.3 is 0 Å². The first-order valence-electron chi connectivity index (χ1n) is 6.66. The lowest BCUT2D eigenvalue weighted by atomic mass is 9.99. The highest BCUT2D eigenvalue weighted by Crippen LogP contribution is 2.18. The van der Waals surface area contributed by atoms with Crippen LogP contribution in [0.25, 0.3) is 5.82 Å². The number of amides is 1. The summed E-state index contributed by atoms with van der Waals surface area (Å²) in [6.07, 6.45) is 6.60. The number of nitrogens with one attached hydrogen (secondary N) is 2. The minimum Gasteiger partial charge on any atom is -0.323 e. The van der Waals surface area contributed by atoms with E-state index in [0.29, 0.717) is 11.5 Å². The number of piperidine rings is 1. The fourth-order valence-electron chi connectivity index (χ4n) is 2.31. The molecule has 3 rings (SSSR count). The van der Waals surface area contributed by atoms with Crippen molar-refractivity contribution in [3.63, 3.8) is 0 Å². The molecule has 0 radical (unpaired) electrons. The molecule has 1 saturated heterocycles. The Balaban J connectivity index is 0.00000121. The third kappa shape index (κ3) is 4.16. The summed E-state index contributed by atoms with van der Waals surface area (Å²) < 4.78 is 1.54. The molecular formula is C13H18Cl2N6O. The van der Waals surface area contributed by atoms with Crippen molar-refractivity contribution in [1.82, 2.24) is 25.1 Å². The SMILES string of the molecule is Cl.Cl.O=C(Nc1cccnc1-n1cncn1)[C@@H]1CCCNC1. The Labute approximate surface area is 140 Å². The lowest BCUT2D eigenvalue weighted by molar-refractivity contribution is -0.120. The van der Waals surface area contributed by atoms with Crippen LogP contribution in [-0.2, 0) is 4.79 Å². The van der Waals surface area contributed by atoms with Crippen LogP contribution >= 0.6 is 24.8 Å². The van der Waals surface area contributed by atoms with Crippen molar-refractivity contribution in [2.75, 3.05) is 18.4 Å². The molecular weight excluding hydrogens is 327 g/mol. The number of hydrogen-bond donors (Lipinski definition) is 2. The highest BCUT2D eigenvalue weighted by Gasteiger charge is 2.22. The van der Waals surface area contributed by atoms with Crippen LogP contribution in [0.2, 0.25) is 0 Å². The lowest BCUT2D eigenvalue weighted by Gasteiger charge is -2.22. The monoisotopic (exact) mass is 344 g/mol. The highest BCUT2D eigenvalue weighted by molar-refractivity contribution is 5.94. The summed E-state index contributed by atoms with van der Waals surface area (Å²) in [5, 5.41) is 10.2. The highest BCUT2D eigenvalue weighted by atomic mass is 35.5. The average molecular weight is 345 g/mol. The maximum absolute atomic E-state index is 12.3. The zero-order chi connectivity index (χ0) is 13.8. The Hall–Kier alpha value is -1.70. The normalized spacial score (nSPS) is 17.0. The molecule has 0 aliphatic carbocycles. The molecule has 2 aromatic heterocycles. The van der Waals surface area contributed by atoms with Crippen LogP contribution in [0.5, 0.6) is 0 Å². The molecule has 1 aliphatic heterocycles. The number of hydrogen-bond acceptors (Lipinski definition) is 5. The van der Waals surface area contributed by atoms with Crippen LogP contribution in [0.15, 0.2) is 31.0 Å². The number of pyridine rings is 1. The van der Waals surface area contributed by atoms with Crippen LogP contribution in [-0.4, -0.2) is 38.7 Å². The molecule has 7 nitrogen and oxygen atoms in total. The second-order valence-electron chi connectivity index (χ2n) is 4.75. The topological polar surface area (TPSA) is 84.7 Å². The van der Waals surface area contributed by atoms with Gasteiger partial charge < -0.3 is 10.6 Å². The largest absolute Gasteiger partial charge is 0.323 e. The zero-order valence-corrected chi connectivity index (χ0v) is 13.4. The minimum absolute atomic E-state index is 0. The van der Waals surface area contributed by atoms with E-state index in [-0.39, 0.29) is 36.6 Å². The maximum atomic E-state index is 12.3. The van der Waals surface area contributed by atoms with Gasteiger partial charge in [-0.3, -0.25) is 4.79 Å². The van der Waals surface area contributed by atoms with Gasteiger partial charge in [0.25, 0.3) is 0 Å². The third-order valence-corrected chi connectivity index (χ3v) is 3.35. The first-order valence-corrected chi connectivity index (χ1v) is 6.66. The standard InChI is InChI=1S/C13H16N6O.2ClH/c20-13(10-3-1-5-14-7-10)18-11-4-2-6-16-12(11)19-9-15-8-17-19;;/h2,4,6,8-10,14H,1,3,5,7H2,(H,18,20);2*1H/t10-;;/m1../s1. The first-order chi connectivity index (χ1) is 9.84. The Morgan fingerprint density at radius 3 is 2.95 bits per heavy atom. The lowest BCUT2D eigenvalue weighted by Crippen LogP contribution is -2.37. The van der Waals surface area contributed by atoms with Crippen molar-refractivity contribution in [2.45, 2.75) is 12.8 Å². The smallest absolute Gasteiger partial charge is 0.228 e. The number of aromatic nitrogens is 4. The van der Waals surface area contributed by atoms with E-state index in [9.17, 15) is 4.79 Å². The number of carbonyl (C=O) groups excluding carboxylic acids is 1. The van der Waals surface area contributed by atoms with Gasteiger partial charge in [0.1, 0.15) is 12.7 Å². The van der Waals surface area contributed by atoms with Crippen LogP contribution < -0.4 is 10.6 Å². The van der Waals surface area contributed by atoms with Gasteiger partial charge in [0.15, 0.2) is 5.82 Å². The molecule has 3 heterocycles. The van der Waals surface area contributed by atoms with Crippen molar-refractivity contribution in [3.8, 4) is 5.82 Å². The van der Waals surface area contributed by atoms with Crippen molar-refractivity contribution in [3.05, 3.63) is 31.0 Å². The molecule has 9 heteroatoms. The van der Waals surface area contributed by atoms with E-state index in [1.54, 1.807) is 18.6 Å². The van der Waals surface area contributed by atoms with Gasteiger partial charge in [-0.15, -0.1) is 24.8 Å². The number of nitrogens with zero attached hydrogens (tertiary/aromatic N) is 4. The average Bonchev–Trinajstić information content (AvgIpc) is 3.03. The summed E-state index contributed by atoms with van der Waals surface area (Å²) in [7, 11) is 0. The van der Waals surface area contributed by atoms with Crippen LogP contribution in [0, 0.1) is 5.92 Å². The quantitative estimate of drug-likeness (QED) is 0.880. The van der Waals surface area contributed by atoms with Crippen molar-refractivity contribution in [1.29, 1.82) is 0 Å². The number of halogens is 2. The predicted molar refractivity (Wildman–Crippen MR) is 87.9 cm³/mol. The summed E-state index contributed by atoms with van der Waals surface area (Å²) in [6, 6.07) is 3.60. The second-order valence-corrected chi connectivity index (χ2v) is 4.75. The van der Waals surface area contributed by atoms with Crippen molar-refractivity contribution < 1.29 is 4.79 Å². The van der Waals surface area contributed by atoms with Gasteiger partial charge in [0.2, 0.25) is 5.91 Å². The molecule has 2 aromatic rings. The number of rotatable bonds is 3. The molecule has 1 fully saturated rings. The van der Waals surface area contributed by atoms with Crippen molar-refractivity contribution >= 4 is 36.4 Å². The third-order valence-electron chi connectivity index (χ3n) is 3.35. The Morgan fingerprint density at radius 2 is 2.27 bits per heavy atom. The fraction of sp³-hybridized carbons (Fsp3) is 0.385. The van der Waals surface area contributed by atoms with E-state index in [0.717, 1.165) is 25.9 Å². The van der Waals surface area contributed by atoms with Gasteiger partial charge in [-0.2, -0.15) is 5.10 Å². The molecule has 0 aromatic carbocycles. The van der Waals surface area contributed by atoms with E-state index in [1.165, 1.54) is 11.0 Å². The van der Waals surface area contributed by atoms with Gasteiger partial charge in [0.05, 0.1) is 11.6 Å². The Morgan fingerprint density at radius 1 is 1.41 bits per heavy atom. The van der Waals surface area contributed by atoms with Crippen molar-refractivity contribution in [2.24, 2.45) is 5.92 Å². The van der Waals surface area contributed by atoms with E-state index in [4.69, 9.17) is 0 Å². The minimum atomic E-state index is 0. The molecule has 22 heavy (non-hydrogen) atoms. The molecule has 2 N–H and O–H groups in total. The van der Waals surface area contributed by atoms with Crippen LogP contribution in [0.1, 0.15) is 12.8 Å². The predicted octanol–water partition coefficient (Wildman–Crippen LogP) is 1.44. The fourth-order valence-corrected chi connectivity index (χ4v) is 2.31. The van der Waals surface area contributed by atoms with Gasteiger partial charge in [0, 0.05) is 12.7 Å². The summed E-state index contributed by atoms with van der Waals surface area (Å²) in [4.78, 5) is 20.4. The molecule has 1 aliphatic rings. The maximum Gasteiger partial charge on any atom is 0.228 e. The van der Waals surface area contributed by atoms with E-state index in [2.05, 4.69) is 25.7 Å². The molecule has 0 bridgehead atoms. The first kappa shape index (κ1) is 18.3. The number of carbonyl (C=O) groups is 1. The number of anilines is 1. The second kappa shape index (κ2) is 8.67. The van der Waals surface area contributed by atoms with E-state index < -0.39 is 0 Å². The van der Waals surface area contributed by atoms with E-state index >= 15 is 0 Å². The summed E-state index contributed by atoms with van der Waals surface area (Å²) >= 11 is 0. The summed E-state index contributed by atoms with van der Waals surface area (Å²) in [5.74, 6) is 0.598. The Bertz CT molecular complexity index is 586. The molecule has 120 valence electrons. The van der Waals surface area contributed by atoms with Crippen LogP contribution in [0.4, 0.5) is 5.69 Å². The summed E-state index contributed by atoms with van der Waals surface area (Å²) in [6.45, 7) is 1.71. The molecule has 1 atom stereocenters. The Kier molecular flexibility index (Phi) is 7.23. The molecule has 0 spiro atoms. The van der Waals surface area contributed by atoms with Gasteiger partial charge in [-0.05, 0) is 31.5 Å². The van der Waals surface area contributed by atoms with Gasteiger partial charge in [-0.25, -0.2) is 14.6 Å². The molecule has 0 saturated carbocycles. The van der Waals surface area contributed by atoms with Gasteiger partial charge in [-0.1, -0.05) is 0 Å². The zero-order valence-electron chi connectivity index (χ0n) is 11.8. The summed E-state index contributed by atoms with van der Waals surface area (Å²) in [5.41, 5.74) is 0.647. The molecule has 0 unspecified atom stereocenters. The van der Waals surface area contributed by atoms with E-state index in [1.807, 2.05) is 6.07 Å². The van der Waals surface area contributed by atoms with Crippen LogP contribution in [0.3, 0.4) is 0 Å².